The molecular formula is C8H14O4. The first-order valence-corrected chi connectivity index (χ1v) is 3.88. The van der Waals surface area contributed by atoms with Crippen LogP contribution in [0.4, 0.5) is 0 Å². The average molecular weight is 174 g/mol. The SMILES string of the molecule is CCCC(=O)C(=O)OC(C)OC. The molecule has 0 amide bonds. The molecule has 0 aliphatic heterocycles. The van der Waals surface area contributed by atoms with Crippen LogP contribution in [0.5, 0.6) is 0 Å². The number of hydrogen-bond donors (Lipinski definition) is 0. The van der Waals surface area contributed by atoms with E-state index in [0.29, 0.717) is 6.42 Å². The molecule has 0 heterocycles. The minimum atomic E-state index is -0.814. The number of methoxy groups -OCH3 is 1. The van der Waals surface area contributed by atoms with Crippen molar-refractivity contribution in [3.05, 3.63) is 0 Å². The Balaban J connectivity index is 3.79. The summed E-state index contributed by atoms with van der Waals surface area (Å²) in [7, 11) is 1.41. The summed E-state index contributed by atoms with van der Waals surface area (Å²) < 4.78 is 9.26. The average Bonchev–Trinajstić information content (AvgIpc) is 2.04. The summed E-state index contributed by atoms with van der Waals surface area (Å²) >= 11 is 0. The third-order valence-electron chi connectivity index (χ3n) is 1.31. The zero-order valence-electron chi connectivity index (χ0n) is 7.62. The van der Waals surface area contributed by atoms with Crippen LogP contribution in [-0.2, 0) is 19.1 Å². The monoisotopic (exact) mass is 174 g/mol. The Morgan fingerprint density at radius 1 is 1.42 bits per heavy atom. The molecule has 0 spiro atoms. The van der Waals surface area contributed by atoms with E-state index in [1.54, 1.807) is 6.92 Å². The zero-order valence-corrected chi connectivity index (χ0v) is 7.62. The fourth-order valence-electron chi connectivity index (χ4n) is 0.594. The molecule has 0 radical (unpaired) electrons. The van der Waals surface area contributed by atoms with Crippen molar-refractivity contribution in [2.24, 2.45) is 0 Å². The maximum atomic E-state index is 10.9. The minimum Gasteiger partial charge on any atom is -0.430 e. The van der Waals surface area contributed by atoms with Crippen LogP contribution in [-0.4, -0.2) is 25.2 Å². The molecule has 0 saturated carbocycles. The predicted octanol–water partition coefficient (Wildman–Crippen LogP) is 0.891. The van der Waals surface area contributed by atoms with Crippen LogP contribution in [0.25, 0.3) is 0 Å². The van der Waals surface area contributed by atoms with E-state index in [1.807, 2.05) is 6.92 Å². The maximum absolute atomic E-state index is 10.9. The van der Waals surface area contributed by atoms with E-state index < -0.39 is 18.0 Å². The van der Waals surface area contributed by atoms with Crippen molar-refractivity contribution in [1.29, 1.82) is 0 Å². The molecule has 0 N–H and O–H groups in total. The van der Waals surface area contributed by atoms with E-state index in [9.17, 15) is 9.59 Å². The van der Waals surface area contributed by atoms with Gasteiger partial charge in [-0.2, -0.15) is 0 Å². The zero-order chi connectivity index (χ0) is 9.56. The molecule has 70 valence electrons. The summed E-state index contributed by atoms with van der Waals surface area (Å²) in [6, 6.07) is 0. The van der Waals surface area contributed by atoms with Gasteiger partial charge in [-0.15, -0.1) is 0 Å². The Morgan fingerprint density at radius 3 is 2.42 bits per heavy atom. The second-order valence-electron chi connectivity index (χ2n) is 2.38. The van der Waals surface area contributed by atoms with Crippen LogP contribution < -0.4 is 0 Å². The van der Waals surface area contributed by atoms with Crippen molar-refractivity contribution >= 4 is 11.8 Å². The molecule has 0 aromatic rings. The first kappa shape index (κ1) is 11.1. The molecule has 4 heteroatoms. The number of esters is 1. The third-order valence-corrected chi connectivity index (χ3v) is 1.31. The molecule has 1 atom stereocenters. The second kappa shape index (κ2) is 5.71. The molecule has 0 aromatic carbocycles. The topological polar surface area (TPSA) is 52.6 Å². The Hall–Kier alpha value is -0.900. The van der Waals surface area contributed by atoms with E-state index in [1.165, 1.54) is 7.11 Å². The third kappa shape index (κ3) is 4.08. The lowest BCUT2D eigenvalue weighted by atomic mass is 10.2. The predicted molar refractivity (Wildman–Crippen MR) is 42.5 cm³/mol. The van der Waals surface area contributed by atoms with E-state index in [2.05, 4.69) is 9.47 Å². The van der Waals surface area contributed by atoms with Gasteiger partial charge in [0.05, 0.1) is 0 Å². The molecule has 0 rings (SSSR count). The summed E-state index contributed by atoms with van der Waals surface area (Å²) in [4.78, 5) is 21.7. The normalized spacial score (nSPS) is 12.2. The van der Waals surface area contributed by atoms with Gasteiger partial charge < -0.3 is 9.47 Å². The Kier molecular flexibility index (Phi) is 5.28. The van der Waals surface area contributed by atoms with Gasteiger partial charge >= 0.3 is 5.97 Å². The lowest BCUT2D eigenvalue weighted by molar-refractivity contribution is -0.174. The van der Waals surface area contributed by atoms with E-state index in [4.69, 9.17) is 0 Å². The molecule has 0 saturated heterocycles. The molecule has 0 bridgehead atoms. The van der Waals surface area contributed by atoms with E-state index in [-0.39, 0.29) is 6.42 Å². The summed E-state index contributed by atoms with van der Waals surface area (Å²) in [5, 5.41) is 0. The van der Waals surface area contributed by atoms with Gasteiger partial charge in [-0.25, -0.2) is 4.79 Å². The minimum absolute atomic E-state index is 0.231. The number of ether oxygens (including phenoxy) is 2. The highest BCUT2D eigenvalue weighted by atomic mass is 16.7. The molecular weight excluding hydrogens is 160 g/mol. The summed E-state index contributed by atoms with van der Waals surface area (Å²) in [5.74, 6) is -1.31. The van der Waals surface area contributed by atoms with Crippen LogP contribution in [0.3, 0.4) is 0 Å². The molecule has 0 aliphatic rings. The van der Waals surface area contributed by atoms with Crippen LogP contribution in [0.2, 0.25) is 0 Å². The number of Topliss-reactive ketones (excluding diaryl/α,β-unsaturated/α-hetero) is 1. The fraction of sp³-hybridized carbons (Fsp3) is 0.750. The van der Waals surface area contributed by atoms with Gasteiger partial charge in [0.2, 0.25) is 5.78 Å². The van der Waals surface area contributed by atoms with E-state index >= 15 is 0 Å². The van der Waals surface area contributed by atoms with Crippen LogP contribution in [0.15, 0.2) is 0 Å². The molecule has 0 aromatic heterocycles. The Morgan fingerprint density at radius 2 is 2.00 bits per heavy atom. The van der Waals surface area contributed by atoms with Crippen molar-refractivity contribution in [2.75, 3.05) is 7.11 Å². The number of hydrogen-bond acceptors (Lipinski definition) is 4. The first-order chi connectivity index (χ1) is 5.61. The largest absolute Gasteiger partial charge is 0.430 e. The van der Waals surface area contributed by atoms with Crippen LogP contribution >= 0.6 is 0 Å². The van der Waals surface area contributed by atoms with Crippen LogP contribution in [0, 0.1) is 0 Å². The van der Waals surface area contributed by atoms with Gasteiger partial charge in [0.1, 0.15) is 0 Å². The Bertz CT molecular complexity index is 164. The molecule has 4 nitrogen and oxygen atoms in total. The van der Waals surface area contributed by atoms with Gasteiger partial charge in [0.25, 0.3) is 0 Å². The van der Waals surface area contributed by atoms with Gasteiger partial charge in [-0.3, -0.25) is 4.79 Å². The van der Waals surface area contributed by atoms with Crippen molar-refractivity contribution < 1.29 is 19.1 Å². The molecule has 12 heavy (non-hydrogen) atoms. The summed E-state index contributed by atoms with van der Waals surface area (Å²) in [6.07, 6.45) is 0.225. The fourth-order valence-corrected chi connectivity index (χ4v) is 0.594. The number of carbonyl (C=O) groups excluding carboxylic acids is 2. The van der Waals surface area contributed by atoms with Crippen molar-refractivity contribution in [3.8, 4) is 0 Å². The molecule has 1 unspecified atom stereocenters. The highest BCUT2D eigenvalue weighted by molar-refractivity contribution is 6.33. The second-order valence-corrected chi connectivity index (χ2v) is 2.38. The van der Waals surface area contributed by atoms with E-state index in [0.717, 1.165) is 0 Å². The lowest BCUT2D eigenvalue weighted by Crippen LogP contribution is -2.23. The van der Waals surface area contributed by atoms with Crippen LogP contribution in [0.1, 0.15) is 26.7 Å². The molecule has 0 fully saturated rings. The van der Waals surface area contributed by atoms with Crippen molar-refractivity contribution in [2.45, 2.75) is 33.0 Å². The number of ketones is 1. The summed E-state index contributed by atoms with van der Waals surface area (Å²) in [6.45, 7) is 3.38. The van der Waals surface area contributed by atoms with Gasteiger partial charge in [-0.05, 0) is 13.3 Å². The molecule has 0 aliphatic carbocycles. The van der Waals surface area contributed by atoms with Gasteiger partial charge in [-0.1, -0.05) is 6.92 Å². The van der Waals surface area contributed by atoms with Crippen molar-refractivity contribution in [3.63, 3.8) is 0 Å². The summed E-state index contributed by atoms with van der Waals surface area (Å²) in [5.41, 5.74) is 0. The van der Waals surface area contributed by atoms with Crippen molar-refractivity contribution in [1.82, 2.24) is 0 Å². The standard InChI is InChI=1S/C8H14O4/c1-4-5-7(9)8(10)12-6(2)11-3/h6H,4-5H2,1-3H3. The van der Waals surface area contributed by atoms with Gasteiger partial charge in [0.15, 0.2) is 6.29 Å². The maximum Gasteiger partial charge on any atom is 0.376 e. The smallest absolute Gasteiger partial charge is 0.376 e. The quantitative estimate of drug-likeness (QED) is 0.353. The number of carbonyl (C=O) groups is 2. The number of rotatable bonds is 5. The highest BCUT2D eigenvalue weighted by Crippen LogP contribution is 1.96. The Labute approximate surface area is 71.8 Å². The van der Waals surface area contributed by atoms with Gasteiger partial charge in [0, 0.05) is 13.5 Å². The highest BCUT2D eigenvalue weighted by Gasteiger charge is 2.16. The lowest BCUT2D eigenvalue weighted by Gasteiger charge is -2.09. The first-order valence-electron chi connectivity index (χ1n) is 3.88.